The molecule has 0 bridgehead atoms. The molecule has 0 spiro atoms. The molecule has 136 valence electrons. The van der Waals surface area contributed by atoms with Crippen LogP contribution in [-0.4, -0.2) is 25.1 Å². The number of benzene rings is 2. The van der Waals surface area contributed by atoms with Crippen molar-refractivity contribution in [1.29, 1.82) is 0 Å². The molecule has 5 nitrogen and oxygen atoms in total. The first-order valence-corrected chi connectivity index (χ1v) is 8.15. The third-order valence-corrected chi connectivity index (χ3v) is 4.53. The summed E-state index contributed by atoms with van der Waals surface area (Å²) in [4.78, 5) is 16.4. The number of alkyl halides is 3. The summed E-state index contributed by atoms with van der Waals surface area (Å²) < 4.78 is 49.8. The van der Waals surface area contributed by atoms with Gasteiger partial charge in [-0.25, -0.2) is 4.98 Å². The number of carbonyl (C=O) groups is 1. The van der Waals surface area contributed by atoms with E-state index in [4.69, 9.17) is 9.47 Å². The first kappa shape index (κ1) is 18.0. The Labute approximate surface area is 150 Å². The SMILES string of the molecule is COc1ccc(C(=O)Nc2nc3c(C(F)(F)F)cccc3s2)c(OC)c1. The quantitative estimate of drug-likeness (QED) is 0.717. The molecular weight excluding hydrogens is 369 g/mol. The van der Waals surface area contributed by atoms with E-state index in [9.17, 15) is 18.0 Å². The molecule has 0 saturated heterocycles. The molecule has 9 heteroatoms. The number of nitrogens with zero attached hydrogens (tertiary/aromatic N) is 1. The van der Waals surface area contributed by atoms with E-state index in [0.29, 0.717) is 10.4 Å². The van der Waals surface area contributed by atoms with Crippen LogP contribution in [0.3, 0.4) is 0 Å². The number of para-hydroxylation sites is 1. The molecule has 0 radical (unpaired) electrons. The highest BCUT2D eigenvalue weighted by atomic mass is 32.1. The summed E-state index contributed by atoms with van der Waals surface area (Å²) in [5, 5.41) is 2.59. The fourth-order valence-electron chi connectivity index (χ4n) is 2.38. The van der Waals surface area contributed by atoms with Crippen molar-refractivity contribution in [3.05, 3.63) is 47.5 Å². The molecule has 0 atom stereocenters. The van der Waals surface area contributed by atoms with Gasteiger partial charge in [-0.15, -0.1) is 0 Å². The molecule has 0 saturated carbocycles. The lowest BCUT2D eigenvalue weighted by molar-refractivity contribution is -0.136. The number of carbonyl (C=O) groups excluding carboxylic acids is 1. The minimum atomic E-state index is -4.52. The maximum atomic E-state index is 13.1. The molecule has 3 rings (SSSR count). The second-order valence-corrected chi connectivity index (χ2v) is 6.22. The van der Waals surface area contributed by atoms with Crippen LogP contribution in [0.15, 0.2) is 36.4 Å². The lowest BCUT2D eigenvalue weighted by atomic mass is 10.2. The van der Waals surface area contributed by atoms with Gasteiger partial charge in [0, 0.05) is 6.07 Å². The molecule has 1 heterocycles. The van der Waals surface area contributed by atoms with E-state index in [-0.39, 0.29) is 22.0 Å². The minimum absolute atomic E-state index is 0.0690. The van der Waals surface area contributed by atoms with Crippen molar-refractivity contribution < 1.29 is 27.4 Å². The Bertz CT molecular complexity index is 970. The number of amides is 1. The smallest absolute Gasteiger partial charge is 0.418 e. The zero-order chi connectivity index (χ0) is 18.9. The van der Waals surface area contributed by atoms with Gasteiger partial charge < -0.3 is 9.47 Å². The molecule has 1 N–H and O–H groups in total. The van der Waals surface area contributed by atoms with Crippen molar-refractivity contribution in [3.63, 3.8) is 0 Å². The normalized spacial score (nSPS) is 11.4. The van der Waals surface area contributed by atoms with Gasteiger partial charge in [-0.05, 0) is 24.3 Å². The number of ether oxygens (including phenoxy) is 2. The predicted octanol–water partition coefficient (Wildman–Crippen LogP) is 4.58. The van der Waals surface area contributed by atoms with Gasteiger partial charge in [0.15, 0.2) is 5.13 Å². The molecule has 0 aliphatic rings. The van der Waals surface area contributed by atoms with Crippen LogP contribution in [-0.2, 0) is 6.18 Å². The van der Waals surface area contributed by atoms with Crippen molar-refractivity contribution in [1.82, 2.24) is 4.98 Å². The van der Waals surface area contributed by atoms with Gasteiger partial charge in [0.25, 0.3) is 5.91 Å². The number of hydrogen-bond acceptors (Lipinski definition) is 5. The van der Waals surface area contributed by atoms with Gasteiger partial charge in [0.1, 0.15) is 11.5 Å². The number of hydrogen-bond donors (Lipinski definition) is 1. The van der Waals surface area contributed by atoms with Crippen LogP contribution in [0.1, 0.15) is 15.9 Å². The lowest BCUT2D eigenvalue weighted by Gasteiger charge is -2.09. The van der Waals surface area contributed by atoms with Crippen LogP contribution < -0.4 is 14.8 Å². The summed E-state index contributed by atoms with van der Waals surface area (Å²) in [5.74, 6) is 0.240. The Morgan fingerprint density at radius 1 is 1.15 bits per heavy atom. The number of anilines is 1. The summed E-state index contributed by atoms with van der Waals surface area (Å²) in [6.45, 7) is 0. The summed E-state index contributed by atoms with van der Waals surface area (Å²) in [5.41, 5.74) is -0.820. The van der Waals surface area contributed by atoms with E-state index in [1.54, 1.807) is 6.07 Å². The topological polar surface area (TPSA) is 60.5 Å². The van der Waals surface area contributed by atoms with Crippen molar-refractivity contribution in [2.45, 2.75) is 6.18 Å². The van der Waals surface area contributed by atoms with E-state index in [0.717, 1.165) is 17.4 Å². The first-order valence-electron chi connectivity index (χ1n) is 7.33. The Morgan fingerprint density at radius 3 is 2.58 bits per heavy atom. The summed E-state index contributed by atoms with van der Waals surface area (Å²) >= 11 is 0.963. The van der Waals surface area contributed by atoms with Gasteiger partial charge in [-0.1, -0.05) is 17.4 Å². The predicted molar refractivity (Wildman–Crippen MR) is 92.1 cm³/mol. The first-order chi connectivity index (χ1) is 12.3. The van der Waals surface area contributed by atoms with Gasteiger partial charge in [0.2, 0.25) is 0 Å². The highest BCUT2D eigenvalue weighted by Crippen LogP contribution is 2.37. The summed E-state index contributed by atoms with van der Waals surface area (Å²) in [6.07, 6.45) is -4.52. The summed E-state index contributed by atoms with van der Waals surface area (Å²) in [7, 11) is 2.88. The van der Waals surface area contributed by atoms with Crippen LogP contribution >= 0.6 is 11.3 Å². The van der Waals surface area contributed by atoms with Crippen molar-refractivity contribution in [2.24, 2.45) is 0 Å². The lowest BCUT2D eigenvalue weighted by Crippen LogP contribution is -2.13. The second-order valence-electron chi connectivity index (χ2n) is 5.19. The average molecular weight is 382 g/mol. The highest BCUT2D eigenvalue weighted by Gasteiger charge is 2.33. The number of nitrogens with one attached hydrogen (secondary N) is 1. The second kappa shape index (κ2) is 6.83. The van der Waals surface area contributed by atoms with E-state index in [1.165, 1.54) is 38.5 Å². The number of methoxy groups -OCH3 is 2. The van der Waals surface area contributed by atoms with Crippen LogP contribution in [0.2, 0.25) is 0 Å². The molecule has 0 aliphatic heterocycles. The van der Waals surface area contributed by atoms with Gasteiger partial charge in [-0.2, -0.15) is 13.2 Å². The van der Waals surface area contributed by atoms with E-state index >= 15 is 0 Å². The number of rotatable bonds is 4. The van der Waals surface area contributed by atoms with Gasteiger partial charge >= 0.3 is 6.18 Å². The molecule has 3 aromatic rings. The fraction of sp³-hybridized carbons (Fsp3) is 0.176. The van der Waals surface area contributed by atoms with Crippen LogP contribution in [0, 0.1) is 0 Å². The largest absolute Gasteiger partial charge is 0.497 e. The molecule has 0 aliphatic carbocycles. The Kier molecular flexibility index (Phi) is 4.73. The molecule has 1 aromatic heterocycles. The molecule has 0 unspecified atom stereocenters. The zero-order valence-corrected chi connectivity index (χ0v) is 14.5. The monoisotopic (exact) mass is 382 g/mol. The van der Waals surface area contributed by atoms with Crippen LogP contribution in [0.5, 0.6) is 11.5 Å². The third-order valence-electron chi connectivity index (χ3n) is 3.60. The molecule has 26 heavy (non-hydrogen) atoms. The van der Waals surface area contributed by atoms with Crippen LogP contribution in [0.4, 0.5) is 18.3 Å². The number of halogens is 3. The van der Waals surface area contributed by atoms with Gasteiger partial charge in [-0.3, -0.25) is 10.1 Å². The Balaban J connectivity index is 1.93. The fourth-order valence-corrected chi connectivity index (χ4v) is 3.27. The third kappa shape index (κ3) is 3.43. The average Bonchev–Trinajstić information content (AvgIpc) is 3.02. The number of thiazole rings is 1. The van der Waals surface area contributed by atoms with E-state index in [2.05, 4.69) is 10.3 Å². The highest BCUT2D eigenvalue weighted by molar-refractivity contribution is 7.22. The van der Waals surface area contributed by atoms with Gasteiger partial charge in [0.05, 0.1) is 35.6 Å². The molecular formula is C17H13F3N2O3S. The number of aromatic nitrogens is 1. The van der Waals surface area contributed by atoms with Crippen molar-refractivity contribution >= 4 is 32.6 Å². The molecule has 1 amide bonds. The number of fused-ring (bicyclic) bond motifs is 1. The van der Waals surface area contributed by atoms with E-state index in [1.807, 2.05) is 0 Å². The Hall–Kier alpha value is -2.81. The Morgan fingerprint density at radius 2 is 1.92 bits per heavy atom. The standard InChI is InChI=1S/C17H13F3N2O3S/c1-24-9-6-7-10(12(8-9)25-2)15(23)22-16-21-14-11(17(18,19)20)4-3-5-13(14)26-16/h3-8H,1-2H3,(H,21,22,23). The maximum Gasteiger partial charge on any atom is 0.418 e. The summed E-state index contributed by atoms with van der Waals surface area (Å²) in [6, 6.07) is 8.40. The van der Waals surface area contributed by atoms with Crippen LogP contribution in [0.25, 0.3) is 10.2 Å². The minimum Gasteiger partial charge on any atom is -0.497 e. The molecule has 0 fully saturated rings. The zero-order valence-electron chi connectivity index (χ0n) is 13.7. The molecule has 2 aromatic carbocycles. The van der Waals surface area contributed by atoms with E-state index < -0.39 is 17.6 Å². The van der Waals surface area contributed by atoms with Crippen molar-refractivity contribution in [2.75, 3.05) is 19.5 Å². The van der Waals surface area contributed by atoms with Crippen molar-refractivity contribution in [3.8, 4) is 11.5 Å². The maximum absolute atomic E-state index is 13.1.